The number of thiophene rings is 1. The zero-order valence-corrected chi connectivity index (χ0v) is 14.4. The van der Waals surface area contributed by atoms with Crippen LogP contribution in [-0.4, -0.2) is 49.9 Å². The molecule has 3 rings (SSSR count). The van der Waals surface area contributed by atoms with Gasteiger partial charge in [0.2, 0.25) is 0 Å². The third-order valence-corrected chi connectivity index (χ3v) is 5.21. The predicted molar refractivity (Wildman–Crippen MR) is 90.8 cm³/mol. The Labute approximate surface area is 142 Å². The molecule has 2 aliphatic heterocycles. The zero-order valence-electron chi connectivity index (χ0n) is 13.5. The minimum Gasteiger partial charge on any atom is -0.379 e. The third kappa shape index (κ3) is 4.68. The summed E-state index contributed by atoms with van der Waals surface area (Å²) in [4.78, 5) is 14.3. The number of hydrogen-bond donors (Lipinski definition) is 1. The number of rotatable bonds is 7. The smallest absolute Gasteiger partial charge is 0.317 e. The Bertz CT molecular complexity index is 474. The van der Waals surface area contributed by atoms with Crippen molar-refractivity contribution in [2.75, 3.05) is 32.9 Å². The molecule has 23 heavy (non-hydrogen) atoms. The van der Waals surface area contributed by atoms with Gasteiger partial charge in [-0.15, -0.1) is 0 Å². The van der Waals surface area contributed by atoms with Gasteiger partial charge in [-0.2, -0.15) is 11.3 Å². The number of hydrogen-bond acceptors (Lipinski definition) is 4. The van der Waals surface area contributed by atoms with Crippen LogP contribution < -0.4 is 5.32 Å². The van der Waals surface area contributed by atoms with Gasteiger partial charge in [-0.1, -0.05) is 0 Å². The molecule has 0 saturated carbocycles. The number of amides is 2. The molecule has 0 aromatic carbocycles. The quantitative estimate of drug-likeness (QED) is 0.777. The Morgan fingerprint density at radius 2 is 2.39 bits per heavy atom. The molecule has 2 unspecified atom stereocenters. The molecular formula is C17H26N2O3S. The number of nitrogens with one attached hydrogen (secondary N) is 1. The molecule has 2 saturated heterocycles. The molecule has 5 nitrogen and oxygen atoms in total. The number of nitrogens with zero attached hydrogens (tertiary/aromatic N) is 1. The van der Waals surface area contributed by atoms with Gasteiger partial charge in [0.05, 0.1) is 18.8 Å². The highest BCUT2D eigenvalue weighted by atomic mass is 32.1. The van der Waals surface area contributed by atoms with Crippen molar-refractivity contribution in [3.8, 4) is 0 Å². The third-order valence-electron chi connectivity index (χ3n) is 4.51. The second-order valence-corrected chi connectivity index (χ2v) is 6.98. The first-order valence-electron chi connectivity index (χ1n) is 8.60. The van der Waals surface area contributed by atoms with Gasteiger partial charge in [0.15, 0.2) is 0 Å². The zero-order chi connectivity index (χ0) is 15.9. The molecule has 2 aliphatic rings. The molecule has 2 amide bonds. The molecule has 1 N–H and O–H groups in total. The summed E-state index contributed by atoms with van der Waals surface area (Å²) in [5.74, 6) is 0. The van der Waals surface area contributed by atoms with Crippen LogP contribution in [0.25, 0.3) is 0 Å². The molecule has 2 atom stereocenters. The maximum Gasteiger partial charge on any atom is 0.317 e. The molecule has 0 aliphatic carbocycles. The number of carbonyl (C=O) groups excluding carboxylic acids is 1. The topological polar surface area (TPSA) is 50.8 Å². The van der Waals surface area contributed by atoms with Gasteiger partial charge in [-0.3, -0.25) is 0 Å². The van der Waals surface area contributed by atoms with Crippen LogP contribution in [0.2, 0.25) is 0 Å². The van der Waals surface area contributed by atoms with Crippen LogP contribution in [0.5, 0.6) is 0 Å². The molecule has 0 bridgehead atoms. The largest absolute Gasteiger partial charge is 0.379 e. The van der Waals surface area contributed by atoms with Gasteiger partial charge in [0, 0.05) is 26.3 Å². The van der Waals surface area contributed by atoms with E-state index in [1.165, 1.54) is 5.56 Å². The van der Waals surface area contributed by atoms with E-state index in [1.54, 1.807) is 11.3 Å². The Hall–Kier alpha value is -1.11. The molecule has 2 fully saturated rings. The normalized spacial score (nSPS) is 24.3. The summed E-state index contributed by atoms with van der Waals surface area (Å²) < 4.78 is 11.1. The van der Waals surface area contributed by atoms with Crippen molar-refractivity contribution in [2.45, 2.75) is 44.2 Å². The number of carbonyl (C=O) groups is 1. The van der Waals surface area contributed by atoms with Gasteiger partial charge in [-0.05, 0) is 54.5 Å². The first-order chi connectivity index (χ1) is 11.3. The van der Waals surface area contributed by atoms with Crippen LogP contribution in [0.4, 0.5) is 4.79 Å². The lowest BCUT2D eigenvalue weighted by Crippen LogP contribution is -2.40. The monoisotopic (exact) mass is 338 g/mol. The summed E-state index contributed by atoms with van der Waals surface area (Å²) in [6.45, 7) is 3.73. The van der Waals surface area contributed by atoms with E-state index < -0.39 is 0 Å². The van der Waals surface area contributed by atoms with Crippen molar-refractivity contribution in [3.05, 3.63) is 22.4 Å². The van der Waals surface area contributed by atoms with Crippen molar-refractivity contribution in [3.63, 3.8) is 0 Å². The first kappa shape index (κ1) is 16.7. The van der Waals surface area contributed by atoms with Crippen molar-refractivity contribution in [1.29, 1.82) is 0 Å². The van der Waals surface area contributed by atoms with Crippen molar-refractivity contribution >= 4 is 17.4 Å². The molecule has 3 heterocycles. The summed E-state index contributed by atoms with van der Waals surface area (Å²) in [7, 11) is 0. The summed E-state index contributed by atoms with van der Waals surface area (Å²) in [6, 6.07) is 2.43. The molecule has 1 aromatic heterocycles. The maximum atomic E-state index is 12.4. The fraction of sp³-hybridized carbons (Fsp3) is 0.706. The van der Waals surface area contributed by atoms with E-state index in [9.17, 15) is 4.79 Å². The van der Waals surface area contributed by atoms with E-state index in [0.29, 0.717) is 19.8 Å². The fourth-order valence-electron chi connectivity index (χ4n) is 3.28. The lowest BCUT2D eigenvalue weighted by atomic mass is 10.1. The average molecular weight is 338 g/mol. The molecule has 128 valence electrons. The van der Waals surface area contributed by atoms with Gasteiger partial charge in [-0.25, -0.2) is 4.79 Å². The van der Waals surface area contributed by atoms with E-state index >= 15 is 0 Å². The van der Waals surface area contributed by atoms with Crippen LogP contribution in [0, 0.1) is 0 Å². The van der Waals surface area contributed by atoms with Crippen molar-refractivity contribution in [2.24, 2.45) is 0 Å². The van der Waals surface area contributed by atoms with Crippen LogP contribution >= 0.6 is 11.3 Å². The Morgan fingerprint density at radius 1 is 1.43 bits per heavy atom. The molecule has 0 spiro atoms. The summed E-state index contributed by atoms with van der Waals surface area (Å²) in [6.07, 6.45) is 5.52. The van der Waals surface area contributed by atoms with E-state index in [0.717, 1.165) is 45.3 Å². The SMILES string of the molecule is O=C(NCCCOCC1CCCO1)N1CCCC1c1ccsc1. The minimum absolute atomic E-state index is 0.0535. The fourth-order valence-corrected chi connectivity index (χ4v) is 3.99. The highest BCUT2D eigenvalue weighted by Gasteiger charge is 2.29. The van der Waals surface area contributed by atoms with E-state index in [4.69, 9.17) is 9.47 Å². The van der Waals surface area contributed by atoms with Gasteiger partial charge >= 0.3 is 6.03 Å². The molecular weight excluding hydrogens is 312 g/mol. The van der Waals surface area contributed by atoms with E-state index in [2.05, 4.69) is 22.1 Å². The highest BCUT2D eigenvalue weighted by Crippen LogP contribution is 2.32. The Kier molecular flexibility index (Phi) is 6.30. The predicted octanol–water partition coefficient (Wildman–Crippen LogP) is 3.18. The number of likely N-dealkylation sites (tertiary alicyclic amines) is 1. The summed E-state index contributed by atoms with van der Waals surface area (Å²) >= 11 is 1.69. The van der Waals surface area contributed by atoms with Crippen molar-refractivity contribution < 1.29 is 14.3 Å². The molecule has 1 aromatic rings. The maximum absolute atomic E-state index is 12.4. The minimum atomic E-state index is 0.0535. The summed E-state index contributed by atoms with van der Waals surface area (Å²) in [5.41, 5.74) is 1.27. The lowest BCUT2D eigenvalue weighted by molar-refractivity contribution is 0.0167. The van der Waals surface area contributed by atoms with Crippen LogP contribution in [0.15, 0.2) is 16.8 Å². The number of urea groups is 1. The second-order valence-electron chi connectivity index (χ2n) is 6.20. The highest BCUT2D eigenvalue weighted by molar-refractivity contribution is 7.07. The summed E-state index contributed by atoms with van der Waals surface area (Å²) in [5, 5.41) is 7.25. The van der Waals surface area contributed by atoms with Crippen LogP contribution in [0.1, 0.15) is 43.7 Å². The number of ether oxygens (including phenoxy) is 2. The second kappa shape index (κ2) is 8.66. The average Bonchev–Trinajstić information content (AvgIpc) is 3.32. The van der Waals surface area contributed by atoms with Gasteiger partial charge in [0.1, 0.15) is 0 Å². The van der Waals surface area contributed by atoms with Crippen LogP contribution in [0.3, 0.4) is 0 Å². The molecule has 0 radical (unpaired) electrons. The molecule has 6 heteroatoms. The first-order valence-corrected chi connectivity index (χ1v) is 9.55. The van der Waals surface area contributed by atoms with Crippen LogP contribution in [-0.2, 0) is 9.47 Å². The Balaban J connectivity index is 1.31. The van der Waals surface area contributed by atoms with Crippen molar-refractivity contribution in [1.82, 2.24) is 10.2 Å². The van der Waals surface area contributed by atoms with Gasteiger partial charge in [0.25, 0.3) is 0 Å². The van der Waals surface area contributed by atoms with E-state index in [1.807, 2.05) is 4.90 Å². The van der Waals surface area contributed by atoms with E-state index in [-0.39, 0.29) is 18.2 Å². The standard InChI is InChI=1S/C17H26N2O3S/c20-17(18-7-3-9-21-12-15-4-2-10-22-15)19-8-1-5-16(19)14-6-11-23-13-14/h6,11,13,15-16H,1-5,7-10,12H2,(H,18,20). The lowest BCUT2D eigenvalue weighted by Gasteiger charge is -2.24. The van der Waals surface area contributed by atoms with Gasteiger partial charge < -0.3 is 19.7 Å². The Morgan fingerprint density at radius 3 is 3.17 bits per heavy atom.